The predicted molar refractivity (Wildman–Crippen MR) is 104 cm³/mol. The fraction of sp³-hybridized carbons (Fsp3) is 0.238. The molecule has 2 aromatic carbocycles. The molecule has 1 atom stereocenters. The second kappa shape index (κ2) is 6.95. The molecule has 3 aromatic rings. The van der Waals surface area contributed by atoms with Gasteiger partial charge in [-0.3, -0.25) is 4.79 Å². The molecule has 0 spiro atoms. The number of aliphatic hydroxyl groups is 1. The number of carbonyl (C=O) groups excluding carboxylic acids is 1. The number of rotatable bonds is 5. The van der Waals surface area contributed by atoms with Gasteiger partial charge in [-0.2, -0.15) is 0 Å². The maximum atomic E-state index is 12.7. The number of ketones is 1. The quantitative estimate of drug-likeness (QED) is 0.664. The molecule has 0 fully saturated rings. The number of fused-ring (bicyclic) bond motifs is 1. The number of aryl methyl sites for hydroxylation is 1. The number of Topliss-reactive ketones (excluding diaryl/α,β-unsaturated/α-hetero) is 1. The van der Waals surface area contributed by atoms with Crippen molar-refractivity contribution < 1.29 is 9.90 Å². The van der Waals surface area contributed by atoms with Crippen molar-refractivity contribution in [1.82, 2.24) is 4.57 Å². The smallest absolute Gasteiger partial charge is 0.205 e. The van der Waals surface area contributed by atoms with Crippen molar-refractivity contribution in [2.45, 2.75) is 32.4 Å². The zero-order valence-corrected chi connectivity index (χ0v) is 15.4. The molecular weight excluding hydrogens is 348 g/mol. The summed E-state index contributed by atoms with van der Waals surface area (Å²) >= 11 is 6.03. The lowest BCUT2D eigenvalue weighted by Crippen LogP contribution is -2.40. The van der Waals surface area contributed by atoms with Gasteiger partial charge in [-0.1, -0.05) is 41.9 Å². The maximum absolute atomic E-state index is 12.7. The van der Waals surface area contributed by atoms with Crippen LogP contribution in [0.2, 0.25) is 5.02 Å². The number of halogens is 1. The molecular formula is C21H19ClN2O2. The second-order valence-electron chi connectivity index (χ2n) is 6.78. The van der Waals surface area contributed by atoms with E-state index in [1.165, 1.54) is 6.92 Å². The van der Waals surface area contributed by atoms with Gasteiger partial charge < -0.3 is 9.67 Å². The number of hydrogen-bond donors (Lipinski definition) is 1. The molecule has 0 bridgehead atoms. The average molecular weight is 367 g/mol. The minimum Gasteiger partial charge on any atom is -0.380 e. The van der Waals surface area contributed by atoms with Crippen LogP contribution >= 0.6 is 11.6 Å². The lowest BCUT2D eigenvalue weighted by atomic mass is 9.94. The van der Waals surface area contributed by atoms with Crippen LogP contribution in [0.5, 0.6) is 0 Å². The van der Waals surface area contributed by atoms with Crippen LogP contribution < -0.4 is 0 Å². The molecule has 132 valence electrons. The third-order valence-corrected chi connectivity index (χ3v) is 4.81. The van der Waals surface area contributed by atoms with Crippen LogP contribution in [0.25, 0.3) is 15.7 Å². The van der Waals surface area contributed by atoms with E-state index in [0.717, 1.165) is 16.5 Å². The van der Waals surface area contributed by atoms with E-state index in [0.29, 0.717) is 16.3 Å². The summed E-state index contributed by atoms with van der Waals surface area (Å²) in [5, 5.41) is 12.1. The Morgan fingerprint density at radius 1 is 1.27 bits per heavy atom. The molecule has 5 heteroatoms. The normalized spacial score (nSPS) is 13.3. The molecule has 1 N–H and O–H groups in total. The van der Waals surface area contributed by atoms with Crippen LogP contribution in [0.1, 0.15) is 18.1 Å². The van der Waals surface area contributed by atoms with E-state index in [2.05, 4.69) is 4.85 Å². The van der Waals surface area contributed by atoms with E-state index in [-0.39, 0.29) is 18.7 Å². The Morgan fingerprint density at radius 2 is 2.04 bits per heavy atom. The first-order valence-electron chi connectivity index (χ1n) is 8.27. The molecule has 3 rings (SSSR count). The highest BCUT2D eigenvalue weighted by Gasteiger charge is 2.30. The summed E-state index contributed by atoms with van der Waals surface area (Å²) in [5.41, 5.74) is 1.63. The minimum absolute atomic E-state index is 0.0588. The summed E-state index contributed by atoms with van der Waals surface area (Å²) in [7, 11) is 0. The molecule has 0 unspecified atom stereocenters. The Morgan fingerprint density at radius 3 is 2.73 bits per heavy atom. The standard InChI is InChI=1S/C21H19ClN2O2/c1-14-4-6-16-8-9-24(19(16)10-14)13-21(2,26)20(25)12-15-5-7-18(23-3)17(22)11-15/h4-11,26H,12-13H2,1-2H3/t21-/m0/s1. The molecule has 0 saturated carbocycles. The number of benzene rings is 2. The Labute approximate surface area is 157 Å². The molecule has 1 aromatic heterocycles. The Balaban J connectivity index is 1.80. The summed E-state index contributed by atoms with van der Waals surface area (Å²) in [4.78, 5) is 16.0. The Hall–Kier alpha value is -2.61. The topological polar surface area (TPSA) is 46.6 Å². The number of aromatic nitrogens is 1. The van der Waals surface area contributed by atoms with Crippen molar-refractivity contribution in [1.29, 1.82) is 0 Å². The average Bonchev–Trinajstić information content (AvgIpc) is 2.96. The van der Waals surface area contributed by atoms with Gasteiger partial charge in [0.25, 0.3) is 0 Å². The van der Waals surface area contributed by atoms with Gasteiger partial charge >= 0.3 is 0 Å². The van der Waals surface area contributed by atoms with E-state index < -0.39 is 5.60 Å². The number of carbonyl (C=O) groups is 1. The fourth-order valence-corrected chi connectivity index (χ4v) is 3.22. The van der Waals surface area contributed by atoms with Crippen LogP contribution in [-0.4, -0.2) is 21.1 Å². The molecule has 0 saturated heterocycles. The van der Waals surface area contributed by atoms with Crippen molar-refractivity contribution in [3.05, 3.63) is 76.2 Å². The fourth-order valence-electron chi connectivity index (χ4n) is 2.98. The van der Waals surface area contributed by atoms with Crippen molar-refractivity contribution in [3.63, 3.8) is 0 Å². The highest BCUT2D eigenvalue weighted by Crippen LogP contribution is 2.27. The summed E-state index contributed by atoms with van der Waals surface area (Å²) in [6.45, 7) is 10.7. The van der Waals surface area contributed by atoms with Gasteiger partial charge in [-0.05, 0) is 42.5 Å². The summed E-state index contributed by atoms with van der Waals surface area (Å²) in [6, 6.07) is 13.0. The Kier molecular flexibility index (Phi) is 4.86. The molecule has 0 amide bonds. The van der Waals surface area contributed by atoms with Crippen LogP contribution in [-0.2, 0) is 17.8 Å². The van der Waals surface area contributed by atoms with Gasteiger partial charge in [0.2, 0.25) is 5.69 Å². The molecule has 0 aliphatic heterocycles. The van der Waals surface area contributed by atoms with E-state index >= 15 is 0 Å². The van der Waals surface area contributed by atoms with E-state index in [9.17, 15) is 9.90 Å². The van der Waals surface area contributed by atoms with Crippen LogP contribution in [0.4, 0.5) is 5.69 Å². The SMILES string of the molecule is [C-]#[N+]c1ccc(CC(=O)[C@@](C)(O)Cn2ccc3ccc(C)cc32)cc1Cl. The van der Waals surface area contributed by atoms with E-state index in [4.69, 9.17) is 18.2 Å². The van der Waals surface area contributed by atoms with Gasteiger partial charge in [0.15, 0.2) is 5.78 Å². The molecule has 0 aliphatic carbocycles. The van der Waals surface area contributed by atoms with Crippen LogP contribution in [0.3, 0.4) is 0 Å². The lowest BCUT2D eigenvalue weighted by Gasteiger charge is -2.23. The first kappa shape index (κ1) is 18.2. The first-order valence-corrected chi connectivity index (χ1v) is 8.65. The van der Waals surface area contributed by atoms with Gasteiger partial charge in [-0.25, -0.2) is 4.85 Å². The van der Waals surface area contributed by atoms with Crippen molar-refractivity contribution in [3.8, 4) is 0 Å². The van der Waals surface area contributed by atoms with E-state index in [1.54, 1.807) is 18.2 Å². The molecule has 4 nitrogen and oxygen atoms in total. The second-order valence-corrected chi connectivity index (χ2v) is 7.18. The maximum Gasteiger partial charge on any atom is 0.205 e. The molecule has 1 heterocycles. The monoisotopic (exact) mass is 366 g/mol. The van der Waals surface area contributed by atoms with Gasteiger partial charge in [-0.15, -0.1) is 0 Å². The van der Waals surface area contributed by atoms with Crippen LogP contribution in [0, 0.1) is 13.5 Å². The zero-order valence-electron chi connectivity index (χ0n) is 14.7. The predicted octanol–water partition coefficient (Wildman–Crippen LogP) is 4.72. The van der Waals surface area contributed by atoms with Crippen LogP contribution in [0.15, 0.2) is 48.7 Å². The van der Waals surface area contributed by atoms with Crippen molar-refractivity contribution >= 4 is 34.0 Å². The van der Waals surface area contributed by atoms with E-state index in [1.807, 2.05) is 42.0 Å². The highest BCUT2D eigenvalue weighted by atomic mass is 35.5. The molecule has 0 aliphatic rings. The summed E-state index contributed by atoms with van der Waals surface area (Å²) in [6.07, 6.45) is 1.94. The third-order valence-electron chi connectivity index (χ3n) is 4.51. The van der Waals surface area contributed by atoms with Gasteiger partial charge in [0.1, 0.15) is 5.60 Å². The number of hydrogen-bond acceptors (Lipinski definition) is 2. The molecule has 0 radical (unpaired) electrons. The molecule has 26 heavy (non-hydrogen) atoms. The summed E-state index contributed by atoms with van der Waals surface area (Å²) in [5.74, 6) is -0.293. The minimum atomic E-state index is -1.51. The van der Waals surface area contributed by atoms with Gasteiger partial charge in [0, 0.05) is 23.2 Å². The Bertz CT molecular complexity index is 1030. The van der Waals surface area contributed by atoms with Crippen molar-refractivity contribution in [2.75, 3.05) is 0 Å². The number of nitrogens with zero attached hydrogens (tertiary/aromatic N) is 2. The zero-order chi connectivity index (χ0) is 18.9. The largest absolute Gasteiger partial charge is 0.380 e. The highest BCUT2D eigenvalue weighted by molar-refractivity contribution is 6.33. The lowest BCUT2D eigenvalue weighted by molar-refractivity contribution is -0.136. The first-order chi connectivity index (χ1) is 12.3. The third kappa shape index (κ3) is 3.65. The summed E-state index contributed by atoms with van der Waals surface area (Å²) < 4.78 is 1.90. The van der Waals surface area contributed by atoms with Gasteiger partial charge in [0.05, 0.1) is 13.1 Å². The van der Waals surface area contributed by atoms with Crippen molar-refractivity contribution in [2.24, 2.45) is 0 Å².